The molecule has 0 bridgehead atoms. The average molecular weight is 457 g/mol. The Morgan fingerprint density at radius 1 is 1.09 bits per heavy atom. The van der Waals surface area contributed by atoms with Crippen LogP contribution < -0.4 is 4.74 Å². The van der Waals surface area contributed by atoms with Crippen molar-refractivity contribution in [3.63, 3.8) is 0 Å². The fourth-order valence-electron chi connectivity index (χ4n) is 4.16. The van der Waals surface area contributed by atoms with Gasteiger partial charge in [0.25, 0.3) is 11.7 Å². The van der Waals surface area contributed by atoms with Gasteiger partial charge in [-0.05, 0) is 30.3 Å². The molecule has 2 aliphatic rings. The lowest BCUT2D eigenvalue weighted by atomic mass is 9.94. The number of rotatable bonds is 6. The van der Waals surface area contributed by atoms with Gasteiger partial charge < -0.3 is 19.5 Å². The fraction of sp³-hybridized carbons (Fsp3) is 0.333. The SMILES string of the molecule is COc1ccccc1[C@@H]1/C(=C(/O)c2ccc(Cl)cc2)C(=O)C(=O)N1CCN1CCOCC1. The number of likely N-dealkylation sites (tertiary alicyclic amines) is 1. The third-order valence-electron chi connectivity index (χ3n) is 5.85. The number of aliphatic hydroxyl groups is 1. The van der Waals surface area contributed by atoms with Crippen LogP contribution in [0.5, 0.6) is 5.75 Å². The van der Waals surface area contributed by atoms with E-state index in [9.17, 15) is 14.7 Å². The highest BCUT2D eigenvalue weighted by Crippen LogP contribution is 2.42. The molecule has 0 aliphatic carbocycles. The topological polar surface area (TPSA) is 79.3 Å². The van der Waals surface area contributed by atoms with Crippen LogP contribution in [0.15, 0.2) is 54.1 Å². The van der Waals surface area contributed by atoms with Crippen molar-refractivity contribution in [2.24, 2.45) is 0 Å². The molecule has 2 aromatic rings. The van der Waals surface area contributed by atoms with E-state index in [-0.39, 0.29) is 11.3 Å². The Morgan fingerprint density at radius 3 is 2.47 bits per heavy atom. The summed E-state index contributed by atoms with van der Waals surface area (Å²) in [7, 11) is 1.54. The van der Waals surface area contributed by atoms with Crippen molar-refractivity contribution in [3.05, 3.63) is 70.3 Å². The molecule has 1 N–H and O–H groups in total. The van der Waals surface area contributed by atoms with Crippen molar-refractivity contribution < 1.29 is 24.2 Å². The van der Waals surface area contributed by atoms with E-state index in [1.54, 1.807) is 30.3 Å². The molecule has 0 aromatic heterocycles. The maximum atomic E-state index is 13.1. The van der Waals surface area contributed by atoms with Gasteiger partial charge in [0.15, 0.2) is 0 Å². The van der Waals surface area contributed by atoms with Gasteiger partial charge in [-0.15, -0.1) is 0 Å². The Hall–Kier alpha value is -2.87. The molecular formula is C24H25ClN2O5. The van der Waals surface area contributed by atoms with Gasteiger partial charge in [0.05, 0.1) is 31.9 Å². The monoisotopic (exact) mass is 456 g/mol. The zero-order chi connectivity index (χ0) is 22.7. The van der Waals surface area contributed by atoms with Crippen LogP contribution >= 0.6 is 11.6 Å². The molecule has 168 valence electrons. The number of Topliss-reactive ketones (excluding diaryl/α,β-unsaturated/α-hetero) is 1. The Labute approximate surface area is 191 Å². The number of para-hydroxylation sites is 1. The van der Waals surface area contributed by atoms with Crippen molar-refractivity contribution in [2.45, 2.75) is 6.04 Å². The Morgan fingerprint density at radius 2 is 1.78 bits per heavy atom. The first kappa shape index (κ1) is 22.3. The van der Waals surface area contributed by atoms with E-state index < -0.39 is 17.7 Å². The summed E-state index contributed by atoms with van der Waals surface area (Å²) in [4.78, 5) is 29.9. The third kappa shape index (κ3) is 4.37. The molecule has 2 fully saturated rings. The standard InChI is InChI=1S/C24H25ClN2O5/c1-31-19-5-3-2-4-18(19)21-20(22(28)16-6-8-17(25)9-7-16)23(29)24(30)27(21)11-10-26-12-14-32-15-13-26/h2-9,21,28H,10-15H2,1H3/b22-20-/t21-/m1/s1. The van der Waals surface area contributed by atoms with E-state index in [0.29, 0.717) is 48.2 Å². The Balaban J connectivity index is 1.77. The number of nitrogens with zero attached hydrogens (tertiary/aromatic N) is 2. The summed E-state index contributed by atoms with van der Waals surface area (Å²) >= 11 is 5.97. The highest BCUT2D eigenvalue weighted by Gasteiger charge is 2.47. The largest absolute Gasteiger partial charge is 0.507 e. The summed E-state index contributed by atoms with van der Waals surface area (Å²) in [6, 6.07) is 13.0. The molecule has 2 heterocycles. The predicted molar refractivity (Wildman–Crippen MR) is 121 cm³/mol. The summed E-state index contributed by atoms with van der Waals surface area (Å²) < 4.78 is 10.9. The molecule has 4 rings (SSSR count). The van der Waals surface area contributed by atoms with Crippen LogP contribution in [-0.2, 0) is 14.3 Å². The van der Waals surface area contributed by atoms with Crippen molar-refractivity contribution >= 4 is 29.1 Å². The molecule has 0 spiro atoms. The number of carbonyl (C=O) groups excluding carboxylic acids is 2. The maximum Gasteiger partial charge on any atom is 0.295 e. The van der Waals surface area contributed by atoms with Gasteiger partial charge in [0.2, 0.25) is 0 Å². The summed E-state index contributed by atoms with van der Waals surface area (Å²) in [6.07, 6.45) is 0. The molecule has 2 saturated heterocycles. The van der Waals surface area contributed by atoms with E-state index in [0.717, 1.165) is 13.1 Å². The smallest absolute Gasteiger partial charge is 0.295 e. The number of amides is 1. The first-order valence-corrected chi connectivity index (χ1v) is 10.9. The number of hydrogen-bond donors (Lipinski definition) is 1. The second kappa shape index (κ2) is 9.73. The van der Waals surface area contributed by atoms with E-state index in [1.807, 2.05) is 18.2 Å². The Kier molecular flexibility index (Phi) is 6.79. The number of aliphatic hydroxyl groups excluding tert-OH is 1. The van der Waals surface area contributed by atoms with E-state index >= 15 is 0 Å². The lowest BCUT2D eigenvalue weighted by Crippen LogP contribution is -2.42. The van der Waals surface area contributed by atoms with Crippen LogP contribution in [0.2, 0.25) is 5.02 Å². The number of benzene rings is 2. The zero-order valence-electron chi connectivity index (χ0n) is 17.8. The van der Waals surface area contributed by atoms with Crippen LogP contribution in [-0.4, -0.2) is 73.1 Å². The van der Waals surface area contributed by atoms with Gasteiger partial charge in [-0.1, -0.05) is 29.8 Å². The quantitative estimate of drug-likeness (QED) is 0.409. The van der Waals surface area contributed by atoms with E-state index in [4.69, 9.17) is 21.1 Å². The Bertz CT molecular complexity index is 1030. The molecule has 1 atom stereocenters. The second-order valence-electron chi connectivity index (χ2n) is 7.70. The van der Waals surface area contributed by atoms with Crippen LogP contribution in [0.1, 0.15) is 17.2 Å². The van der Waals surface area contributed by atoms with Crippen molar-refractivity contribution in [1.29, 1.82) is 0 Å². The maximum absolute atomic E-state index is 13.1. The molecule has 0 saturated carbocycles. The van der Waals surface area contributed by atoms with E-state index in [1.165, 1.54) is 12.0 Å². The first-order valence-electron chi connectivity index (χ1n) is 10.5. The van der Waals surface area contributed by atoms with Crippen LogP contribution in [0.25, 0.3) is 5.76 Å². The lowest BCUT2D eigenvalue weighted by Gasteiger charge is -2.31. The minimum absolute atomic E-state index is 0.0452. The summed E-state index contributed by atoms with van der Waals surface area (Å²) in [5.41, 5.74) is 1.11. The first-order chi connectivity index (χ1) is 15.5. The zero-order valence-corrected chi connectivity index (χ0v) is 18.5. The molecule has 2 aromatic carbocycles. The van der Waals surface area contributed by atoms with Gasteiger partial charge in [0.1, 0.15) is 11.5 Å². The number of morpholine rings is 1. The molecule has 0 radical (unpaired) electrons. The van der Waals surface area contributed by atoms with Crippen molar-refractivity contribution in [2.75, 3.05) is 46.5 Å². The number of ether oxygens (including phenoxy) is 2. The minimum atomic E-state index is -0.761. The average Bonchev–Trinajstić information content (AvgIpc) is 3.08. The lowest BCUT2D eigenvalue weighted by molar-refractivity contribution is -0.140. The van der Waals surface area contributed by atoms with Gasteiger partial charge in [-0.3, -0.25) is 14.5 Å². The highest BCUT2D eigenvalue weighted by atomic mass is 35.5. The summed E-state index contributed by atoms with van der Waals surface area (Å²) in [5, 5.41) is 11.6. The van der Waals surface area contributed by atoms with Crippen LogP contribution in [0, 0.1) is 0 Å². The number of carbonyl (C=O) groups is 2. The molecule has 0 unspecified atom stereocenters. The molecule has 7 nitrogen and oxygen atoms in total. The van der Waals surface area contributed by atoms with Gasteiger partial charge in [-0.25, -0.2) is 0 Å². The minimum Gasteiger partial charge on any atom is -0.507 e. The number of halogens is 1. The predicted octanol–water partition coefficient (Wildman–Crippen LogP) is 3.10. The highest BCUT2D eigenvalue weighted by molar-refractivity contribution is 6.46. The van der Waals surface area contributed by atoms with E-state index in [2.05, 4.69) is 4.90 Å². The normalized spacial score (nSPS) is 21.2. The molecule has 2 aliphatic heterocycles. The third-order valence-corrected chi connectivity index (χ3v) is 6.10. The number of ketones is 1. The molecular weight excluding hydrogens is 432 g/mol. The van der Waals surface area contributed by atoms with Gasteiger partial charge in [-0.2, -0.15) is 0 Å². The molecule has 1 amide bonds. The second-order valence-corrected chi connectivity index (χ2v) is 8.13. The van der Waals surface area contributed by atoms with Gasteiger partial charge >= 0.3 is 0 Å². The van der Waals surface area contributed by atoms with Gasteiger partial charge in [0, 0.05) is 42.3 Å². The number of hydrogen-bond acceptors (Lipinski definition) is 6. The summed E-state index contributed by atoms with van der Waals surface area (Å²) in [5.74, 6) is -1.04. The summed E-state index contributed by atoms with van der Waals surface area (Å²) in [6.45, 7) is 3.77. The fourth-order valence-corrected chi connectivity index (χ4v) is 4.29. The van der Waals surface area contributed by atoms with Crippen LogP contribution in [0.3, 0.4) is 0 Å². The van der Waals surface area contributed by atoms with Crippen LogP contribution in [0.4, 0.5) is 0 Å². The van der Waals surface area contributed by atoms with Crippen molar-refractivity contribution in [1.82, 2.24) is 9.80 Å². The van der Waals surface area contributed by atoms with Crippen molar-refractivity contribution in [3.8, 4) is 5.75 Å². The number of methoxy groups -OCH3 is 1. The molecule has 8 heteroatoms. The molecule has 32 heavy (non-hydrogen) atoms.